The van der Waals surface area contributed by atoms with Crippen LogP contribution in [0, 0.1) is 5.82 Å². The van der Waals surface area contributed by atoms with E-state index in [1.54, 1.807) is 0 Å². The standard InChI is InChI=1S/C19H12F4N2O2.C12H14F5N3O4S/c20-13-7-9-14(10-8-13)24-18(26)16-5-2-6-17(25-16)27-15-4-1-3-12(11-15)19(21,22)23;1-11(2)4-7(19-24-11)25(21,22)5-6-8(12(15,16)17)18-20(3)9(6)23-10(13)14/h1-11H,(H,24,26);10H,4-5H2,1-3H3. The lowest BCUT2D eigenvalue weighted by molar-refractivity contribution is -0.142. The highest BCUT2D eigenvalue weighted by Gasteiger charge is 2.43. The number of pyridine rings is 1. The number of halogens is 9. The lowest BCUT2D eigenvalue weighted by Gasteiger charge is -2.13. The van der Waals surface area contributed by atoms with Gasteiger partial charge in [0.2, 0.25) is 11.8 Å². The SMILES string of the molecule is Cn1nc(C(F)(F)F)c(CS(=O)(=O)C2=NOC(C)(C)C2)c1OC(F)F.O=C(Nc1ccc(F)cc1)c1cccc(Oc2cccc(C(F)(F)F)c2)n1. The Bertz CT molecular complexity index is 2050. The van der Waals surface area contributed by atoms with Crippen molar-refractivity contribution in [2.75, 3.05) is 5.32 Å². The van der Waals surface area contributed by atoms with E-state index < -0.39 is 79.6 Å². The van der Waals surface area contributed by atoms with Crippen molar-refractivity contribution in [3.8, 4) is 17.5 Å². The van der Waals surface area contributed by atoms with E-state index in [0.717, 1.165) is 19.2 Å². The number of carbonyl (C=O) groups excluding carboxylic acids is 1. The van der Waals surface area contributed by atoms with Gasteiger partial charge >= 0.3 is 19.0 Å². The van der Waals surface area contributed by atoms with Crippen LogP contribution >= 0.6 is 0 Å². The molecule has 11 nitrogen and oxygen atoms in total. The molecule has 2 aromatic carbocycles. The molecule has 0 spiro atoms. The smallest absolute Gasteiger partial charge is 0.435 e. The van der Waals surface area contributed by atoms with Gasteiger partial charge in [0.05, 0.1) is 16.9 Å². The van der Waals surface area contributed by atoms with Crippen molar-refractivity contribution in [2.24, 2.45) is 12.2 Å². The van der Waals surface area contributed by atoms with Crippen LogP contribution < -0.4 is 14.8 Å². The van der Waals surface area contributed by atoms with Crippen LogP contribution in [-0.4, -0.2) is 46.3 Å². The number of oxime groups is 1. The van der Waals surface area contributed by atoms with Crippen LogP contribution in [0.2, 0.25) is 0 Å². The molecule has 0 fully saturated rings. The number of aryl methyl sites for hydroxylation is 1. The minimum absolute atomic E-state index is 0.0104. The number of nitrogens with one attached hydrogen (secondary N) is 1. The fraction of sp³-hybridized carbons (Fsp3) is 0.290. The third-order valence-corrected chi connectivity index (χ3v) is 8.27. The molecule has 0 atom stereocenters. The number of amides is 1. The van der Waals surface area contributed by atoms with E-state index in [0.29, 0.717) is 10.4 Å². The predicted octanol–water partition coefficient (Wildman–Crippen LogP) is 7.75. The van der Waals surface area contributed by atoms with Crippen molar-refractivity contribution in [3.63, 3.8) is 0 Å². The predicted molar refractivity (Wildman–Crippen MR) is 165 cm³/mol. The van der Waals surface area contributed by atoms with Gasteiger partial charge in [0.25, 0.3) is 5.91 Å². The summed E-state index contributed by atoms with van der Waals surface area (Å²) in [5, 5.41) is 8.51. The highest BCUT2D eigenvalue weighted by molar-refractivity contribution is 8.05. The van der Waals surface area contributed by atoms with Crippen molar-refractivity contribution in [1.29, 1.82) is 0 Å². The summed E-state index contributed by atoms with van der Waals surface area (Å²) in [4.78, 5) is 21.1. The molecule has 1 aliphatic heterocycles. The van der Waals surface area contributed by atoms with E-state index in [2.05, 4.69) is 25.3 Å². The van der Waals surface area contributed by atoms with E-state index in [1.807, 2.05) is 0 Å². The number of benzene rings is 2. The number of nitrogens with zero attached hydrogens (tertiary/aromatic N) is 4. The molecule has 0 saturated carbocycles. The third kappa shape index (κ3) is 10.4. The topological polar surface area (TPSA) is 134 Å². The molecule has 0 saturated heterocycles. The second kappa shape index (κ2) is 15.1. The van der Waals surface area contributed by atoms with E-state index in [9.17, 15) is 52.7 Å². The molecule has 0 aliphatic carbocycles. The molecule has 280 valence electrons. The van der Waals surface area contributed by atoms with Crippen LogP contribution in [-0.2, 0) is 39.8 Å². The first-order valence-corrected chi connectivity index (χ1v) is 16.1. The van der Waals surface area contributed by atoms with Crippen LogP contribution in [0.25, 0.3) is 0 Å². The third-order valence-electron chi connectivity index (χ3n) is 6.66. The Kier molecular flexibility index (Phi) is 11.5. The average Bonchev–Trinajstić information content (AvgIpc) is 3.56. The van der Waals surface area contributed by atoms with Gasteiger partial charge in [-0.3, -0.25) is 4.79 Å². The first kappa shape index (κ1) is 39.4. The van der Waals surface area contributed by atoms with Gasteiger partial charge in [0.1, 0.15) is 22.9 Å². The zero-order chi connectivity index (χ0) is 38.6. The van der Waals surface area contributed by atoms with Crippen molar-refractivity contribution < 1.29 is 67.0 Å². The normalized spacial score (nSPS) is 14.2. The summed E-state index contributed by atoms with van der Waals surface area (Å²) < 4.78 is 150. The maximum Gasteiger partial charge on any atom is 0.435 e. The van der Waals surface area contributed by atoms with Gasteiger partial charge in [-0.1, -0.05) is 17.3 Å². The highest BCUT2D eigenvalue weighted by atomic mass is 32.2. The van der Waals surface area contributed by atoms with Crippen molar-refractivity contribution in [2.45, 2.75) is 50.6 Å². The zero-order valence-corrected chi connectivity index (χ0v) is 27.7. The van der Waals surface area contributed by atoms with Crippen LogP contribution in [0.15, 0.2) is 71.9 Å². The first-order chi connectivity index (χ1) is 24.0. The molecule has 0 unspecified atom stereocenters. The zero-order valence-electron chi connectivity index (χ0n) is 26.9. The molecule has 2 aromatic heterocycles. The number of sulfone groups is 1. The molecule has 3 heterocycles. The lowest BCUT2D eigenvalue weighted by Crippen LogP contribution is -2.24. The average molecular weight is 768 g/mol. The Labute approximate surface area is 288 Å². The summed E-state index contributed by atoms with van der Waals surface area (Å²) in [7, 11) is -3.43. The fourth-order valence-corrected chi connectivity index (χ4v) is 5.89. The maximum atomic E-state index is 13.1. The Morgan fingerprint density at radius 1 is 1.00 bits per heavy atom. The van der Waals surface area contributed by atoms with Crippen LogP contribution in [0.3, 0.4) is 0 Å². The Hall–Kier alpha value is -5.34. The Morgan fingerprint density at radius 3 is 2.23 bits per heavy atom. The summed E-state index contributed by atoms with van der Waals surface area (Å²) in [5.74, 6) is -3.35. The molecule has 5 rings (SSSR count). The number of anilines is 1. The summed E-state index contributed by atoms with van der Waals surface area (Å²) in [6.45, 7) is -0.380. The molecular weight excluding hydrogens is 741 g/mol. The van der Waals surface area contributed by atoms with E-state index >= 15 is 0 Å². The summed E-state index contributed by atoms with van der Waals surface area (Å²) in [5.41, 5.74) is -4.07. The fourth-order valence-electron chi connectivity index (χ4n) is 4.37. The van der Waals surface area contributed by atoms with Gasteiger partial charge < -0.3 is 19.6 Å². The number of alkyl halides is 8. The number of aromatic nitrogens is 3. The molecule has 52 heavy (non-hydrogen) atoms. The minimum Gasteiger partial charge on any atom is -0.439 e. The number of carbonyl (C=O) groups is 1. The number of rotatable bonds is 8. The second-order valence-corrected chi connectivity index (χ2v) is 13.3. The summed E-state index contributed by atoms with van der Waals surface area (Å²) in [6.07, 6.45) is -9.72. The summed E-state index contributed by atoms with van der Waals surface area (Å²) >= 11 is 0. The van der Waals surface area contributed by atoms with Gasteiger partial charge in [-0.2, -0.15) is 40.2 Å². The van der Waals surface area contributed by atoms with E-state index in [1.165, 1.54) is 68.4 Å². The molecule has 1 aliphatic rings. The quantitative estimate of drug-likeness (QED) is 0.180. The Morgan fingerprint density at radius 2 is 1.65 bits per heavy atom. The van der Waals surface area contributed by atoms with E-state index in [4.69, 9.17) is 9.57 Å². The number of hydrogen-bond donors (Lipinski definition) is 1. The Balaban J connectivity index is 0.000000234. The first-order valence-electron chi connectivity index (χ1n) is 14.5. The van der Waals surface area contributed by atoms with Gasteiger partial charge in [-0.25, -0.2) is 22.5 Å². The summed E-state index contributed by atoms with van der Waals surface area (Å²) in [6, 6.07) is 13.8. The molecule has 1 amide bonds. The maximum absolute atomic E-state index is 13.1. The van der Waals surface area contributed by atoms with Crippen LogP contribution in [0.5, 0.6) is 17.5 Å². The molecule has 21 heteroatoms. The van der Waals surface area contributed by atoms with Crippen LogP contribution in [0.1, 0.15) is 47.6 Å². The van der Waals surface area contributed by atoms with Crippen LogP contribution in [0.4, 0.5) is 45.2 Å². The molecule has 0 radical (unpaired) electrons. The minimum atomic E-state index is -5.06. The number of ether oxygens (including phenoxy) is 2. The molecular formula is C31H26F9N5O6S. The molecule has 1 N–H and O–H groups in total. The van der Waals surface area contributed by atoms with Crippen molar-refractivity contribution in [1.82, 2.24) is 14.8 Å². The monoisotopic (exact) mass is 767 g/mol. The van der Waals surface area contributed by atoms with Gasteiger partial charge in [-0.05, 0) is 62.4 Å². The van der Waals surface area contributed by atoms with E-state index in [-0.39, 0.29) is 23.7 Å². The van der Waals surface area contributed by atoms with Gasteiger partial charge in [0.15, 0.2) is 20.6 Å². The molecule has 0 bridgehead atoms. The lowest BCUT2D eigenvalue weighted by atomic mass is 10.1. The second-order valence-electron chi connectivity index (χ2n) is 11.4. The molecule has 4 aromatic rings. The van der Waals surface area contributed by atoms with Crippen molar-refractivity contribution in [3.05, 3.63) is 95.1 Å². The highest BCUT2D eigenvalue weighted by Crippen LogP contribution is 2.38. The number of hydrogen-bond acceptors (Lipinski definition) is 9. The van der Waals surface area contributed by atoms with Crippen molar-refractivity contribution >= 4 is 26.5 Å². The largest absolute Gasteiger partial charge is 0.439 e. The van der Waals surface area contributed by atoms with Gasteiger partial charge in [0, 0.05) is 25.2 Å². The van der Waals surface area contributed by atoms with Gasteiger partial charge in [-0.15, -0.1) is 0 Å².